The van der Waals surface area contributed by atoms with Gasteiger partial charge in [0.05, 0.1) is 11.9 Å². The molecule has 0 aliphatic heterocycles. The molecule has 20 heavy (non-hydrogen) atoms. The van der Waals surface area contributed by atoms with Crippen molar-refractivity contribution in [1.29, 1.82) is 0 Å². The third-order valence-corrected chi connectivity index (χ3v) is 2.69. The molecule has 0 aliphatic carbocycles. The van der Waals surface area contributed by atoms with Crippen LogP contribution in [0.15, 0.2) is 46.0 Å². The third-order valence-electron chi connectivity index (χ3n) is 2.16. The fourth-order valence-electron chi connectivity index (χ4n) is 1.31. The molecule has 4 nitrogen and oxygen atoms in total. The monoisotopic (exact) mass is 354 g/mol. The van der Waals surface area contributed by atoms with E-state index in [-0.39, 0.29) is 70.3 Å². The van der Waals surface area contributed by atoms with Crippen molar-refractivity contribution in [2.24, 2.45) is 0 Å². The predicted molar refractivity (Wildman–Crippen MR) is 65.9 cm³/mol. The molecule has 0 atom stereocenters. The number of halogens is 1. The molecule has 0 spiro atoms. The first-order valence-corrected chi connectivity index (χ1v) is 5.77. The molecule has 0 aromatic heterocycles. The summed E-state index contributed by atoms with van der Waals surface area (Å²) in [6.45, 7) is 1.37. The van der Waals surface area contributed by atoms with Crippen molar-refractivity contribution in [3.63, 3.8) is 0 Å². The molecule has 1 aromatic rings. The first-order valence-electron chi connectivity index (χ1n) is 4.98. The van der Waals surface area contributed by atoms with Crippen LogP contribution >= 0.6 is 15.9 Å². The zero-order valence-corrected chi connectivity index (χ0v) is 17.1. The molecule has 94 valence electrons. The maximum absolute atomic E-state index is 11.0. The topological polar surface area (TPSA) is 80.3 Å². The van der Waals surface area contributed by atoms with Crippen LogP contribution in [0.5, 0.6) is 0 Å². The molecule has 0 bridgehead atoms. The van der Waals surface area contributed by atoms with Crippen molar-refractivity contribution >= 4 is 33.9 Å². The summed E-state index contributed by atoms with van der Waals surface area (Å²) in [4.78, 5) is 21.4. The standard InChI is InChI=1S/C13H11BrO4.2Na/c1-8(6-12(15)16)11(13(17)18)7-9-2-4-10(14)5-3-9;;/h2-7H,1H3,(H,15,16)(H,17,18);;/q;2*+1/p-2/b8-6+,11-7-;;. The van der Waals surface area contributed by atoms with Gasteiger partial charge in [-0.3, -0.25) is 0 Å². The fraction of sp³-hybridized carbons (Fsp3) is 0.0769. The minimum atomic E-state index is -1.45. The molecule has 7 heteroatoms. The molecule has 0 saturated carbocycles. The Bertz CT molecular complexity index is 536. The molecule has 0 heterocycles. The number of hydrogen-bond donors (Lipinski definition) is 0. The predicted octanol–water partition coefficient (Wildman–Crippen LogP) is -5.71. The van der Waals surface area contributed by atoms with E-state index in [1.807, 2.05) is 0 Å². The van der Waals surface area contributed by atoms with Gasteiger partial charge in [-0.1, -0.05) is 28.1 Å². The molecule has 1 aromatic carbocycles. The minimum absolute atomic E-state index is 0. The zero-order chi connectivity index (χ0) is 13.7. The molecular weight excluding hydrogens is 346 g/mol. The maximum Gasteiger partial charge on any atom is 1.00 e. The van der Waals surface area contributed by atoms with Crippen molar-refractivity contribution in [3.8, 4) is 0 Å². The number of carbonyl (C=O) groups is 2. The van der Waals surface area contributed by atoms with Crippen molar-refractivity contribution < 1.29 is 78.9 Å². The second-order valence-electron chi connectivity index (χ2n) is 3.54. The maximum atomic E-state index is 11.0. The summed E-state index contributed by atoms with van der Waals surface area (Å²) < 4.78 is 0.858. The first-order chi connectivity index (χ1) is 8.40. The molecule has 0 unspecified atom stereocenters. The summed E-state index contributed by atoms with van der Waals surface area (Å²) in [6, 6.07) is 6.88. The van der Waals surface area contributed by atoms with Gasteiger partial charge >= 0.3 is 59.1 Å². The molecule has 1 rings (SSSR count). The number of carboxylic acid groups (broad SMARTS) is 2. The van der Waals surface area contributed by atoms with Gasteiger partial charge in [-0.05, 0) is 42.3 Å². The van der Waals surface area contributed by atoms with Gasteiger partial charge in [0.25, 0.3) is 0 Å². The van der Waals surface area contributed by atoms with Crippen molar-refractivity contribution in [1.82, 2.24) is 0 Å². The molecule has 0 radical (unpaired) electrons. The second kappa shape index (κ2) is 10.8. The third kappa shape index (κ3) is 7.78. The quantitative estimate of drug-likeness (QED) is 0.306. The molecular formula is C13H9BrNa2O4. The van der Waals surface area contributed by atoms with Gasteiger partial charge in [0.15, 0.2) is 0 Å². The van der Waals surface area contributed by atoms with Crippen LogP contribution in [-0.2, 0) is 9.59 Å². The largest absolute Gasteiger partial charge is 1.00 e. The fourth-order valence-corrected chi connectivity index (χ4v) is 1.58. The average molecular weight is 355 g/mol. The van der Waals surface area contributed by atoms with Crippen molar-refractivity contribution in [2.45, 2.75) is 6.92 Å². The van der Waals surface area contributed by atoms with Crippen LogP contribution in [0.25, 0.3) is 6.08 Å². The van der Waals surface area contributed by atoms with Crippen LogP contribution in [0, 0.1) is 0 Å². The molecule has 0 amide bonds. The van der Waals surface area contributed by atoms with E-state index in [0.29, 0.717) is 5.56 Å². The Morgan fingerprint density at radius 1 is 1.10 bits per heavy atom. The minimum Gasteiger partial charge on any atom is -0.545 e. The van der Waals surface area contributed by atoms with E-state index < -0.39 is 11.9 Å². The molecule has 0 N–H and O–H groups in total. The Balaban J connectivity index is 0. The number of hydrogen-bond acceptors (Lipinski definition) is 4. The normalized spacial score (nSPS) is 11.1. The number of carboxylic acids is 2. The van der Waals surface area contributed by atoms with Gasteiger partial charge in [0, 0.05) is 10.0 Å². The Labute approximate surface area is 169 Å². The average Bonchev–Trinajstić information content (AvgIpc) is 2.26. The van der Waals surface area contributed by atoms with E-state index >= 15 is 0 Å². The van der Waals surface area contributed by atoms with Crippen LogP contribution in [-0.4, -0.2) is 11.9 Å². The summed E-state index contributed by atoms with van der Waals surface area (Å²) in [7, 11) is 0. The van der Waals surface area contributed by atoms with Gasteiger partial charge in [0.2, 0.25) is 0 Å². The van der Waals surface area contributed by atoms with Crippen LogP contribution < -0.4 is 69.3 Å². The number of rotatable bonds is 4. The smallest absolute Gasteiger partial charge is 0.545 e. The first kappa shape index (κ1) is 22.4. The van der Waals surface area contributed by atoms with Gasteiger partial charge < -0.3 is 19.8 Å². The van der Waals surface area contributed by atoms with Gasteiger partial charge in [-0.25, -0.2) is 0 Å². The van der Waals surface area contributed by atoms with E-state index in [1.54, 1.807) is 24.3 Å². The molecule has 0 saturated heterocycles. The van der Waals surface area contributed by atoms with Gasteiger partial charge in [-0.15, -0.1) is 0 Å². The van der Waals surface area contributed by atoms with E-state index in [9.17, 15) is 19.8 Å². The molecule has 0 aliphatic rings. The SMILES string of the molecule is CC(=C\C(=O)[O-])/C(=C/c1ccc(Br)cc1)C(=O)[O-].[Na+].[Na+]. The van der Waals surface area contributed by atoms with Crippen LogP contribution in [0.1, 0.15) is 12.5 Å². The number of aliphatic carboxylic acids is 2. The van der Waals surface area contributed by atoms with Crippen molar-refractivity contribution in [2.75, 3.05) is 0 Å². The van der Waals surface area contributed by atoms with E-state index in [4.69, 9.17) is 0 Å². The summed E-state index contributed by atoms with van der Waals surface area (Å²) in [5.74, 6) is -2.89. The summed E-state index contributed by atoms with van der Waals surface area (Å²) in [6.07, 6.45) is 2.07. The van der Waals surface area contributed by atoms with Crippen LogP contribution in [0.3, 0.4) is 0 Å². The summed E-state index contributed by atoms with van der Waals surface area (Å²) >= 11 is 3.26. The van der Waals surface area contributed by atoms with Gasteiger partial charge in [-0.2, -0.15) is 0 Å². The number of benzene rings is 1. The van der Waals surface area contributed by atoms with E-state index in [2.05, 4.69) is 15.9 Å². The van der Waals surface area contributed by atoms with Crippen LogP contribution in [0.4, 0.5) is 0 Å². The Morgan fingerprint density at radius 2 is 1.60 bits per heavy atom. The van der Waals surface area contributed by atoms with Crippen molar-refractivity contribution in [3.05, 3.63) is 51.5 Å². The zero-order valence-electron chi connectivity index (χ0n) is 11.5. The Kier molecular flexibility index (Phi) is 12.1. The second-order valence-corrected chi connectivity index (χ2v) is 4.46. The van der Waals surface area contributed by atoms with E-state index in [0.717, 1.165) is 10.5 Å². The Hall–Kier alpha value is 0.120. The van der Waals surface area contributed by atoms with Gasteiger partial charge in [0.1, 0.15) is 0 Å². The van der Waals surface area contributed by atoms with Crippen LogP contribution in [0.2, 0.25) is 0 Å². The Morgan fingerprint density at radius 3 is 2.00 bits per heavy atom. The van der Waals surface area contributed by atoms with E-state index in [1.165, 1.54) is 13.0 Å². The number of carbonyl (C=O) groups excluding carboxylic acids is 2. The summed E-state index contributed by atoms with van der Waals surface area (Å²) in [5, 5.41) is 21.4. The summed E-state index contributed by atoms with van der Waals surface area (Å²) in [5.41, 5.74) is 0.503. The molecule has 0 fully saturated rings.